The van der Waals surface area contributed by atoms with Crippen LogP contribution in [0.25, 0.3) is 0 Å². The number of benzene rings is 1. The van der Waals surface area contributed by atoms with E-state index in [-0.39, 0.29) is 30.1 Å². The van der Waals surface area contributed by atoms with Crippen LogP contribution in [-0.4, -0.2) is 11.8 Å². The number of imide groups is 1. The molecule has 1 saturated heterocycles. The smallest absolute Gasteiger partial charge is 0.230 e. The third-order valence-electron chi connectivity index (χ3n) is 3.05. The molecule has 1 aromatic rings. The Morgan fingerprint density at radius 2 is 2.00 bits per heavy atom. The van der Waals surface area contributed by atoms with Crippen LogP contribution in [0, 0.1) is 5.92 Å². The van der Waals surface area contributed by atoms with Crippen molar-refractivity contribution in [3.05, 3.63) is 33.8 Å². The Hall–Kier alpha value is -1.06. The van der Waals surface area contributed by atoms with Crippen molar-refractivity contribution in [2.24, 2.45) is 5.92 Å². The van der Waals surface area contributed by atoms with Crippen LogP contribution in [0.1, 0.15) is 24.8 Å². The molecule has 3 nitrogen and oxygen atoms in total. The molecular weight excluding hydrogens is 261 g/mol. The maximum atomic E-state index is 11.6. The zero-order chi connectivity index (χ0) is 12.6. The second-order valence-electron chi connectivity index (χ2n) is 4.18. The van der Waals surface area contributed by atoms with Crippen molar-refractivity contribution in [2.45, 2.75) is 19.3 Å². The summed E-state index contributed by atoms with van der Waals surface area (Å²) in [6.07, 6.45) is 0.272. The molecule has 0 radical (unpaired) electrons. The summed E-state index contributed by atoms with van der Waals surface area (Å²) in [5.41, 5.74) is 0.798. The first-order valence-electron chi connectivity index (χ1n) is 5.27. The average Bonchev–Trinajstić information content (AvgIpc) is 2.24. The van der Waals surface area contributed by atoms with Gasteiger partial charge in [-0.1, -0.05) is 36.2 Å². The number of amides is 2. The van der Waals surface area contributed by atoms with Gasteiger partial charge in [-0.2, -0.15) is 0 Å². The number of rotatable bonds is 1. The minimum absolute atomic E-state index is 0.180. The highest BCUT2D eigenvalue weighted by molar-refractivity contribution is 6.35. The molecule has 17 heavy (non-hydrogen) atoms. The number of carbonyl (C=O) groups excluding carboxylic acids is 2. The first kappa shape index (κ1) is 12.4. The van der Waals surface area contributed by atoms with E-state index >= 15 is 0 Å². The lowest BCUT2D eigenvalue weighted by Gasteiger charge is -2.28. The van der Waals surface area contributed by atoms with Gasteiger partial charge in [0.25, 0.3) is 0 Å². The van der Waals surface area contributed by atoms with Crippen molar-refractivity contribution in [1.82, 2.24) is 5.32 Å². The van der Waals surface area contributed by atoms with Crippen LogP contribution in [0.2, 0.25) is 10.0 Å². The monoisotopic (exact) mass is 271 g/mol. The maximum absolute atomic E-state index is 11.6. The second-order valence-corrected chi connectivity index (χ2v) is 5.02. The fraction of sp³-hybridized carbons (Fsp3) is 0.333. The van der Waals surface area contributed by atoms with Gasteiger partial charge >= 0.3 is 0 Å². The first-order valence-corrected chi connectivity index (χ1v) is 6.03. The predicted molar refractivity (Wildman–Crippen MR) is 66.1 cm³/mol. The van der Waals surface area contributed by atoms with Gasteiger partial charge in [-0.25, -0.2) is 0 Å². The molecule has 1 heterocycles. The van der Waals surface area contributed by atoms with Crippen molar-refractivity contribution < 1.29 is 9.59 Å². The number of piperidine rings is 1. The van der Waals surface area contributed by atoms with Gasteiger partial charge in [0.15, 0.2) is 0 Å². The van der Waals surface area contributed by atoms with Gasteiger partial charge < -0.3 is 0 Å². The highest BCUT2D eigenvalue weighted by Gasteiger charge is 2.34. The Balaban J connectivity index is 2.37. The quantitative estimate of drug-likeness (QED) is 0.799. The molecule has 2 amide bonds. The van der Waals surface area contributed by atoms with Crippen molar-refractivity contribution in [3.8, 4) is 0 Å². The molecule has 1 aromatic carbocycles. The minimum Gasteiger partial charge on any atom is -0.296 e. The summed E-state index contributed by atoms with van der Waals surface area (Å²) >= 11 is 11.9. The number of hydrogen-bond donors (Lipinski definition) is 1. The van der Waals surface area contributed by atoms with E-state index in [0.717, 1.165) is 5.56 Å². The van der Waals surface area contributed by atoms with Crippen molar-refractivity contribution >= 4 is 35.0 Å². The minimum atomic E-state index is -0.272. The van der Waals surface area contributed by atoms with Crippen LogP contribution in [0.15, 0.2) is 18.2 Å². The van der Waals surface area contributed by atoms with Crippen LogP contribution in [0.3, 0.4) is 0 Å². The lowest BCUT2D eigenvalue weighted by Crippen LogP contribution is -2.43. The molecule has 0 spiro atoms. The standard InChI is InChI=1S/C12H11Cl2NO2/c1-6-9(5-11(16)15-12(6)17)8-3-2-7(13)4-10(8)14/h2-4,6,9H,5H2,1H3,(H,15,16,17). The molecule has 90 valence electrons. The van der Waals surface area contributed by atoms with Crippen molar-refractivity contribution in [1.29, 1.82) is 0 Å². The summed E-state index contributed by atoms with van der Waals surface area (Å²) in [5.74, 6) is -0.964. The van der Waals surface area contributed by atoms with E-state index in [9.17, 15) is 9.59 Å². The van der Waals surface area contributed by atoms with E-state index in [1.165, 1.54) is 0 Å². The number of hydrogen-bond acceptors (Lipinski definition) is 2. The summed E-state index contributed by atoms with van der Waals surface area (Å²) in [5, 5.41) is 3.35. The predicted octanol–water partition coefficient (Wildman–Crippen LogP) is 2.76. The molecule has 2 atom stereocenters. The molecule has 1 aliphatic heterocycles. The zero-order valence-electron chi connectivity index (χ0n) is 9.17. The third-order valence-corrected chi connectivity index (χ3v) is 3.61. The first-order chi connectivity index (χ1) is 7.99. The van der Waals surface area contributed by atoms with E-state index in [2.05, 4.69) is 5.32 Å². The normalized spacial score (nSPS) is 24.6. The highest BCUT2D eigenvalue weighted by atomic mass is 35.5. The van der Waals surface area contributed by atoms with Gasteiger partial charge in [0, 0.05) is 28.3 Å². The lowest BCUT2D eigenvalue weighted by atomic mass is 9.81. The second kappa shape index (κ2) is 4.67. The third kappa shape index (κ3) is 2.45. The van der Waals surface area contributed by atoms with Crippen molar-refractivity contribution in [2.75, 3.05) is 0 Å². The maximum Gasteiger partial charge on any atom is 0.230 e. The molecule has 5 heteroatoms. The Bertz CT molecular complexity index is 487. The number of nitrogens with one attached hydrogen (secondary N) is 1. The van der Waals surface area contributed by atoms with E-state index in [0.29, 0.717) is 10.0 Å². The molecule has 1 N–H and O–H groups in total. The molecule has 0 aromatic heterocycles. The van der Waals surface area contributed by atoms with Crippen LogP contribution in [0.4, 0.5) is 0 Å². The Morgan fingerprint density at radius 3 is 2.65 bits per heavy atom. The SMILES string of the molecule is CC1C(=O)NC(=O)CC1c1ccc(Cl)cc1Cl. The van der Waals surface area contributed by atoms with Gasteiger partial charge in [0.2, 0.25) is 11.8 Å². The molecule has 1 aliphatic rings. The number of halogens is 2. The van der Waals surface area contributed by atoms with E-state index in [1.54, 1.807) is 25.1 Å². The van der Waals surface area contributed by atoms with E-state index in [1.807, 2.05) is 0 Å². The Morgan fingerprint density at radius 1 is 1.29 bits per heavy atom. The van der Waals surface area contributed by atoms with Gasteiger partial charge in [0.1, 0.15) is 0 Å². The summed E-state index contributed by atoms with van der Waals surface area (Å²) in [4.78, 5) is 22.9. The fourth-order valence-electron chi connectivity index (χ4n) is 2.04. The summed E-state index contributed by atoms with van der Waals surface area (Å²) in [6, 6.07) is 5.12. The van der Waals surface area contributed by atoms with Crippen LogP contribution in [0.5, 0.6) is 0 Å². The van der Waals surface area contributed by atoms with E-state index < -0.39 is 0 Å². The average molecular weight is 272 g/mol. The summed E-state index contributed by atoms with van der Waals surface area (Å²) < 4.78 is 0. The molecule has 0 aliphatic carbocycles. The lowest BCUT2D eigenvalue weighted by molar-refractivity contribution is -0.136. The molecule has 0 saturated carbocycles. The molecular formula is C12H11Cl2NO2. The summed E-state index contributed by atoms with van der Waals surface area (Å²) in [6.45, 7) is 1.79. The highest BCUT2D eigenvalue weighted by Crippen LogP contribution is 2.36. The molecule has 2 unspecified atom stereocenters. The van der Waals surface area contributed by atoms with E-state index in [4.69, 9.17) is 23.2 Å². The fourth-order valence-corrected chi connectivity index (χ4v) is 2.59. The molecule has 2 rings (SSSR count). The van der Waals surface area contributed by atoms with Crippen LogP contribution < -0.4 is 5.32 Å². The van der Waals surface area contributed by atoms with Gasteiger partial charge in [-0.05, 0) is 17.7 Å². The molecule has 1 fully saturated rings. The van der Waals surface area contributed by atoms with Gasteiger partial charge in [0.05, 0.1) is 0 Å². The van der Waals surface area contributed by atoms with Crippen LogP contribution in [-0.2, 0) is 9.59 Å². The largest absolute Gasteiger partial charge is 0.296 e. The topological polar surface area (TPSA) is 46.2 Å². The van der Waals surface area contributed by atoms with Crippen molar-refractivity contribution in [3.63, 3.8) is 0 Å². The Kier molecular flexibility index (Phi) is 3.40. The Labute approximate surface area is 109 Å². The summed E-state index contributed by atoms with van der Waals surface area (Å²) in [7, 11) is 0. The van der Waals surface area contributed by atoms with Gasteiger partial charge in [-0.3, -0.25) is 14.9 Å². The van der Waals surface area contributed by atoms with Crippen LogP contribution >= 0.6 is 23.2 Å². The number of carbonyl (C=O) groups is 2. The van der Waals surface area contributed by atoms with Gasteiger partial charge in [-0.15, -0.1) is 0 Å². The zero-order valence-corrected chi connectivity index (χ0v) is 10.7. The molecule has 0 bridgehead atoms.